The molecule has 0 amide bonds. The van der Waals surface area contributed by atoms with Gasteiger partial charge >= 0.3 is 0 Å². The maximum atomic E-state index is 2.58. The molecule has 0 bridgehead atoms. The monoisotopic (exact) mass is 794 g/mol. The molecule has 10 aromatic carbocycles. The van der Waals surface area contributed by atoms with Gasteiger partial charge in [-0.3, -0.25) is 0 Å². The molecule has 0 heteroatoms. The van der Waals surface area contributed by atoms with E-state index in [1.165, 1.54) is 122 Å². The van der Waals surface area contributed by atoms with Gasteiger partial charge in [-0.25, -0.2) is 0 Å². The van der Waals surface area contributed by atoms with Gasteiger partial charge in [-0.2, -0.15) is 0 Å². The summed E-state index contributed by atoms with van der Waals surface area (Å²) in [5.74, 6) is 0. The van der Waals surface area contributed by atoms with E-state index >= 15 is 0 Å². The first-order chi connectivity index (χ1) is 31.3. The molecule has 5 aliphatic carbocycles. The maximum absolute atomic E-state index is 2.58. The molecule has 0 atom stereocenters. The summed E-state index contributed by atoms with van der Waals surface area (Å²) < 4.78 is 0. The average Bonchev–Trinajstić information content (AvgIpc) is 4.10. The summed E-state index contributed by atoms with van der Waals surface area (Å²) >= 11 is 0. The molecule has 2 spiro atoms. The van der Waals surface area contributed by atoms with Crippen LogP contribution in [0.4, 0.5) is 0 Å². The minimum absolute atomic E-state index is 0.393. The van der Waals surface area contributed by atoms with Crippen LogP contribution in [0.1, 0.15) is 66.8 Å². The van der Waals surface area contributed by atoms with Gasteiger partial charge in [0.1, 0.15) is 0 Å². The summed E-state index contributed by atoms with van der Waals surface area (Å²) in [7, 11) is 0. The van der Waals surface area contributed by atoms with Crippen LogP contribution in [-0.2, 0) is 16.2 Å². The lowest BCUT2D eigenvalue weighted by atomic mass is 9.65. The highest BCUT2D eigenvalue weighted by Crippen LogP contribution is 2.66. The first-order valence-corrected chi connectivity index (χ1v) is 22.3. The van der Waals surface area contributed by atoms with Crippen molar-refractivity contribution in [3.8, 4) is 55.6 Å². The Bertz CT molecular complexity index is 3320. The van der Waals surface area contributed by atoms with Crippen LogP contribution in [0, 0.1) is 0 Å². The van der Waals surface area contributed by atoms with Crippen LogP contribution in [0.15, 0.2) is 231 Å². The van der Waals surface area contributed by atoms with Crippen LogP contribution in [0.2, 0.25) is 0 Å². The summed E-state index contributed by atoms with van der Waals surface area (Å²) in [5, 5.41) is 0. The minimum Gasteiger partial charge on any atom is -0.0619 e. The zero-order valence-corrected chi connectivity index (χ0v) is 34.4. The highest BCUT2D eigenvalue weighted by molar-refractivity contribution is 5.98. The molecule has 0 aromatic heterocycles. The van der Waals surface area contributed by atoms with Crippen molar-refractivity contribution in [3.63, 3.8) is 0 Å². The van der Waals surface area contributed by atoms with E-state index in [1.807, 2.05) is 0 Å². The molecule has 0 N–H and O–H groups in total. The molecule has 0 unspecified atom stereocenters. The molecule has 0 aliphatic heterocycles. The van der Waals surface area contributed by atoms with Crippen molar-refractivity contribution in [3.05, 3.63) is 297 Å². The van der Waals surface area contributed by atoms with Gasteiger partial charge in [-0.05, 0) is 135 Å². The van der Waals surface area contributed by atoms with Gasteiger partial charge in [0.15, 0.2) is 0 Å². The van der Waals surface area contributed by atoms with E-state index in [0.29, 0.717) is 0 Å². The van der Waals surface area contributed by atoms with Gasteiger partial charge in [0, 0.05) is 0 Å². The van der Waals surface area contributed by atoms with Gasteiger partial charge < -0.3 is 0 Å². The zero-order chi connectivity index (χ0) is 41.1. The van der Waals surface area contributed by atoms with Gasteiger partial charge in [-0.1, -0.05) is 218 Å². The summed E-state index contributed by atoms with van der Waals surface area (Å²) in [6.45, 7) is 0. The van der Waals surface area contributed by atoms with Crippen molar-refractivity contribution in [2.75, 3.05) is 0 Å². The van der Waals surface area contributed by atoms with Crippen LogP contribution < -0.4 is 0 Å². The second kappa shape index (κ2) is 11.8. The Labute approximate surface area is 367 Å². The molecule has 10 aromatic rings. The first kappa shape index (κ1) is 33.9. The lowest BCUT2D eigenvalue weighted by molar-refractivity contribution is 0.758. The predicted octanol–water partition coefficient (Wildman–Crippen LogP) is 14.7. The Morgan fingerprint density at radius 3 is 0.603 bits per heavy atom. The number of hydrogen-bond donors (Lipinski definition) is 0. The molecular weight excluding hydrogens is 757 g/mol. The Balaban J connectivity index is 1.04. The molecule has 0 saturated carbocycles. The number of fused-ring (bicyclic) bond motifs is 23. The molecule has 0 saturated heterocycles. The first-order valence-electron chi connectivity index (χ1n) is 22.3. The summed E-state index contributed by atoms with van der Waals surface area (Å²) in [6, 6.07) is 88.4. The SMILES string of the molecule is c1ccc2c(c1)-c1ccccc1C2(c1ccc2c(c1)-c1ccccc1C21c2ccccc2-c2ccccc21)c1ccc2c(c1)-c1ccccc1C21c2ccccc2-c2ccccc21. The van der Waals surface area contributed by atoms with E-state index in [0.717, 1.165) is 0 Å². The zero-order valence-electron chi connectivity index (χ0n) is 34.4. The minimum atomic E-state index is -0.580. The quantitative estimate of drug-likeness (QED) is 0.164. The Morgan fingerprint density at radius 1 is 0.159 bits per heavy atom. The Morgan fingerprint density at radius 2 is 0.349 bits per heavy atom. The van der Waals surface area contributed by atoms with Gasteiger partial charge in [0.2, 0.25) is 0 Å². The van der Waals surface area contributed by atoms with Crippen LogP contribution in [0.3, 0.4) is 0 Å². The smallest absolute Gasteiger partial charge is 0.0619 e. The van der Waals surface area contributed by atoms with Crippen molar-refractivity contribution in [2.24, 2.45) is 0 Å². The predicted molar refractivity (Wildman–Crippen MR) is 256 cm³/mol. The third-order valence-electron chi connectivity index (χ3n) is 15.8. The molecule has 0 fully saturated rings. The van der Waals surface area contributed by atoms with Crippen molar-refractivity contribution >= 4 is 0 Å². The topological polar surface area (TPSA) is 0 Å². The molecular formula is C63H38. The maximum Gasteiger partial charge on any atom is 0.0725 e. The van der Waals surface area contributed by atoms with E-state index in [2.05, 4.69) is 231 Å². The normalized spacial score (nSPS) is 15.7. The molecule has 290 valence electrons. The van der Waals surface area contributed by atoms with Crippen molar-refractivity contribution in [2.45, 2.75) is 16.2 Å². The second-order valence-corrected chi connectivity index (χ2v) is 18.1. The van der Waals surface area contributed by atoms with E-state index in [4.69, 9.17) is 0 Å². The van der Waals surface area contributed by atoms with E-state index < -0.39 is 16.2 Å². The number of rotatable bonds is 2. The van der Waals surface area contributed by atoms with Gasteiger partial charge in [0.05, 0.1) is 16.2 Å². The second-order valence-electron chi connectivity index (χ2n) is 18.1. The fourth-order valence-electron chi connectivity index (χ4n) is 13.7. The van der Waals surface area contributed by atoms with Gasteiger partial charge in [0.25, 0.3) is 0 Å². The van der Waals surface area contributed by atoms with Crippen LogP contribution in [-0.4, -0.2) is 0 Å². The molecule has 0 nitrogen and oxygen atoms in total. The fraction of sp³-hybridized carbons (Fsp3) is 0.0476. The summed E-state index contributed by atoms with van der Waals surface area (Å²) in [6.07, 6.45) is 0. The fourth-order valence-corrected chi connectivity index (χ4v) is 13.7. The molecule has 15 rings (SSSR count). The number of hydrogen-bond acceptors (Lipinski definition) is 0. The molecule has 5 aliphatic rings. The van der Waals surface area contributed by atoms with Crippen molar-refractivity contribution in [1.29, 1.82) is 0 Å². The Hall–Kier alpha value is -7.80. The number of benzene rings is 10. The Kier molecular flexibility index (Phi) is 6.32. The van der Waals surface area contributed by atoms with Crippen LogP contribution in [0.5, 0.6) is 0 Å². The van der Waals surface area contributed by atoms with Crippen LogP contribution >= 0.6 is 0 Å². The van der Waals surface area contributed by atoms with Crippen molar-refractivity contribution < 1.29 is 0 Å². The summed E-state index contributed by atoms with van der Waals surface area (Å²) in [4.78, 5) is 0. The van der Waals surface area contributed by atoms with E-state index in [9.17, 15) is 0 Å². The molecule has 63 heavy (non-hydrogen) atoms. The highest BCUT2D eigenvalue weighted by Gasteiger charge is 2.55. The van der Waals surface area contributed by atoms with E-state index in [-0.39, 0.29) is 0 Å². The van der Waals surface area contributed by atoms with Crippen LogP contribution in [0.25, 0.3) is 55.6 Å². The third kappa shape index (κ3) is 3.76. The largest absolute Gasteiger partial charge is 0.0725 e. The van der Waals surface area contributed by atoms with E-state index in [1.54, 1.807) is 0 Å². The lowest BCUT2D eigenvalue weighted by Gasteiger charge is -2.36. The standard InChI is InChI=1S/C63H38/c1-9-25-51-41(17-1)42-18-2-10-26-52(42)61(51,39-33-35-59-49(37-39)47-23-7-15-31-57(47)62(59)53-27-11-3-19-43(53)44-20-4-12-28-54(44)62)40-34-36-60-50(38-40)48-24-8-16-32-58(48)63(60)55-29-13-5-21-45(55)46-22-6-14-30-56(46)63/h1-38H. The lowest BCUT2D eigenvalue weighted by Crippen LogP contribution is -2.30. The molecule has 0 radical (unpaired) electrons. The average molecular weight is 795 g/mol. The highest BCUT2D eigenvalue weighted by atomic mass is 14.6. The summed E-state index contributed by atoms with van der Waals surface area (Å²) in [5.41, 5.74) is 28.1. The molecule has 0 heterocycles. The third-order valence-corrected chi connectivity index (χ3v) is 15.8. The van der Waals surface area contributed by atoms with Crippen molar-refractivity contribution in [1.82, 2.24) is 0 Å². The van der Waals surface area contributed by atoms with Gasteiger partial charge in [-0.15, -0.1) is 0 Å².